The third-order valence-corrected chi connectivity index (χ3v) is 5.95. The molecule has 1 heterocycles. The van der Waals surface area contributed by atoms with Crippen LogP contribution in [0, 0.1) is 13.8 Å². The van der Waals surface area contributed by atoms with Crippen LogP contribution in [0.15, 0.2) is 41.0 Å². The highest BCUT2D eigenvalue weighted by Gasteiger charge is 2.14. The van der Waals surface area contributed by atoms with Crippen molar-refractivity contribution in [2.24, 2.45) is 0 Å². The van der Waals surface area contributed by atoms with Crippen molar-refractivity contribution in [2.45, 2.75) is 25.4 Å². The maximum atomic E-state index is 12.2. The summed E-state index contributed by atoms with van der Waals surface area (Å²) in [5.74, 6) is 1.88. The molecule has 8 heteroatoms. The van der Waals surface area contributed by atoms with Gasteiger partial charge >= 0.3 is 0 Å². The van der Waals surface area contributed by atoms with E-state index in [4.69, 9.17) is 4.42 Å². The number of aryl methyl sites for hydroxylation is 2. The molecule has 0 fully saturated rings. The van der Waals surface area contributed by atoms with Crippen molar-refractivity contribution in [2.75, 3.05) is 18.8 Å². The zero-order chi connectivity index (χ0) is 19.0. The van der Waals surface area contributed by atoms with E-state index in [-0.39, 0.29) is 18.2 Å². The van der Waals surface area contributed by atoms with Crippen LogP contribution >= 0.6 is 11.8 Å². The largest absolute Gasteiger partial charge is 0.468 e. The highest BCUT2D eigenvalue weighted by Crippen LogP contribution is 2.13. The van der Waals surface area contributed by atoms with Crippen LogP contribution in [0.5, 0.6) is 0 Å². The van der Waals surface area contributed by atoms with Gasteiger partial charge in [-0.2, -0.15) is 11.8 Å². The van der Waals surface area contributed by atoms with E-state index >= 15 is 0 Å². The van der Waals surface area contributed by atoms with E-state index < -0.39 is 10.0 Å². The predicted octanol–water partition coefficient (Wildman–Crippen LogP) is 2.37. The zero-order valence-electron chi connectivity index (χ0n) is 14.9. The summed E-state index contributed by atoms with van der Waals surface area (Å²) in [5, 5.41) is 2.70. The fourth-order valence-corrected chi connectivity index (χ4v) is 4.21. The minimum Gasteiger partial charge on any atom is -0.468 e. The van der Waals surface area contributed by atoms with E-state index in [1.165, 1.54) is 0 Å². The molecule has 142 valence electrons. The quantitative estimate of drug-likeness (QED) is 0.602. The highest BCUT2D eigenvalue weighted by molar-refractivity contribution is 7.98. The molecule has 2 aromatic rings. The summed E-state index contributed by atoms with van der Waals surface area (Å²) in [6.07, 6.45) is 1.63. The van der Waals surface area contributed by atoms with Gasteiger partial charge in [-0.3, -0.25) is 4.79 Å². The topological polar surface area (TPSA) is 88.4 Å². The molecule has 0 bridgehead atoms. The van der Waals surface area contributed by atoms with E-state index in [1.54, 1.807) is 18.0 Å². The Morgan fingerprint density at radius 1 is 1.23 bits per heavy atom. The van der Waals surface area contributed by atoms with Crippen LogP contribution in [0.25, 0.3) is 0 Å². The number of carbonyl (C=O) groups excluding carboxylic acids is 1. The van der Waals surface area contributed by atoms with E-state index in [0.29, 0.717) is 6.54 Å². The molecule has 0 saturated carbocycles. The molecule has 1 aromatic carbocycles. The number of furan rings is 1. The summed E-state index contributed by atoms with van der Waals surface area (Å²) in [5.41, 5.74) is 2.66. The Balaban J connectivity index is 1.67. The monoisotopic (exact) mass is 396 g/mol. The summed E-state index contributed by atoms with van der Waals surface area (Å²) in [6, 6.07) is 9.42. The first-order chi connectivity index (χ1) is 12.4. The number of hydrogen-bond acceptors (Lipinski definition) is 5. The number of rotatable bonds is 10. The Morgan fingerprint density at radius 3 is 2.77 bits per heavy atom. The third kappa shape index (κ3) is 7.23. The van der Waals surface area contributed by atoms with E-state index in [0.717, 1.165) is 34.0 Å². The molecule has 0 aliphatic heterocycles. The Hall–Kier alpha value is -1.77. The van der Waals surface area contributed by atoms with Gasteiger partial charge in [-0.1, -0.05) is 23.8 Å². The molecule has 2 N–H and O–H groups in total. The van der Waals surface area contributed by atoms with Crippen molar-refractivity contribution in [3.63, 3.8) is 0 Å². The van der Waals surface area contributed by atoms with Crippen molar-refractivity contribution in [1.29, 1.82) is 0 Å². The second kappa shape index (κ2) is 9.80. The fourth-order valence-electron chi connectivity index (χ4n) is 2.28. The van der Waals surface area contributed by atoms with Gasteiger partial charge < -0.3 is 9.73 Å². The molecule has 6 nitrogen and oxygen atoms in total. The lowest BCUT2D eigenvalue weighted by molar-refractivity contribution is -0.119. The molecular weight excluding hydrogens is 372 g/mol. The first-order valence-electron chi connectivity index (χ1n) is 8.26. The minimum atomic E-state index is -3.56. The van der Waals surface area contributed by atoms with Crippen molar-refractivity contribution in [3.05, 3.63) is 59.0 Å². The summed E-state index contributed by atoms with van der Waals surface area (Å²) < 4.78 is 31.9. The van der Waals surface area contributed by atoms with Crippen molar-refractivity contribution >= 4 is 27.7 Å². The van der Waals surface area contributed by atoms with Gasteiger partial charge in [0.15, 0.2) is 0 Å². The molecule has 0 aliphatic rings. The Morgan fingerprint density at radius 2 is 2.04 bits per heavy atom. The number of nitrogens with one attached hydrogen (secondary N) is 2. The van der Waals surface area contributed by atoms with Crippen LogP contribution in [0.2, 0.25) is 0 Å². The zero-order valence-corrected chi connectivity index (χ0v) is 16.6. The molecule has 0 saturated heterocycles. The Labute approximate surface area is 158 Å². The maximum Gasteiger partial charge on any atom is 0.235 e. The number of thioether (sulfide) groups is 1. The highest BCUT2D eigenvalue weighted by atomic mass is 32.2. The third-order valence-electron chi connectivity index (χ3n) is 3.70. The van der Waals surface area contributed by atoms with Gasteiger partial charge in [-0.05, 0) is 37.1 Å². The van der Waals surface area contributed by atoms with Crippen LogP contribution in [-0.2, 0) is 26.3 Å². The smallest absolute Gasteiger partial charge is 0.235 e. The van der Waals surface area contributed by atoms with Crippen LogP contribution in [0.4, 0.5) is 0 Å². The second-order valence-corrected chi connectivity index (χ2v) is 8.90. The summed E-state index contributed by atoms with van der Waals surface area (Å²) in [7, 11) is -3.56. The van der Waals surface area contributed by atoms with Gasteiger partial charge in [0, 0.05) is 12.3 Å². The molecule has 0 radical (unpaired) electrons. The van der Waals surface area contributed by atoms with Gasteiger partial charge in [0.05, 0.1) is 24.3 Å². The number of benzene rings is 1. The van der Waals surface area contributed by atoms with E-state index in [1.807, 2.05) is 44.2 Å². The first-order valence-corrected chi connectivity index (χ1v) is 11.1. The molecule has 0 spiro atoms. The van der Waals surface area contributed by atoms with Gasteiger partial charge in [-0.15, -0.1) is 0 Å². The summed E-state index contributed by atoms with van der Waals surface area (Å²) in [4.78, 5) is 11.8. The van der Waals surface area contributed by atoms with Crippen LogP contribution in [0.1, 0.15) is 22.5 Å². The first kappa shape index (κ1) is 20.5. The van der Waals surface area contributed by atoms with E-state index in [2.05, 4.69) is 10.0 Å². The molecular formula is C18H24N2O4S2. The van der Waals surface area contributed by atoms with Crippen LogP contribution in [-0.4, -0.2) is 33.2 Å². The SMILES string of the molecule is Cc1ccc(C)c(CS(=O)(=O)NCC(=O)NCCSCc2ccco2)c1. The fraction of sp³-hybridized carbons (Fsp3) is 0.389. The number of amides is 1. The number of sulfonamides is 1. The lowest BCUT2D eigenvalue weighted by atomic mass is 10.1. The predicted molar refractivity (Wildman–Crippen MR) is 104 cm³/mol. The second-order valence-electron chi connectivity index (χ2n) is 5.99. The molecule has 0 unspecified atom stereocenters. The Bertz CT molecular complexity index is 818. The average Bonchev–Trinajstić information content (AvgIpc) is 3.09. The molecule has 2 rings (SSSR count). The van der Waals surface area contributed by atoms with Crippen molar-refractivity contribution < 1.29 is 17.6 Å². The maximum absolute atomic E-state index is 12.2. The summed E-state index contributed by atoms with van der Waals surface area (Å²) >= 11 is 1.63. The van der Waals surface area contributed by atoms with Crippen molar-refractivity contribution in [3.8, 4) is 0 Å². The molecule has 0 atom stereocenters. The molecule has 26 heavy (non-hydrogen) atoms. The van der Waals surface area contributed by atoms with Gasteiger partial charge in [-0.25, -0.2) is 13.1 Å². The van der Waals surface area contributed by atoms with Crippen LogP contribution < -0.4 is 10.0 Å². The van der Waals surface area contributed by atoms with Gasteiger partial charge in [0.2, 0.25) is 15.9 Å². The lowest BCUT2D eigenvalue weighted by Crippen LogP contribution is -2.38. The summed E-state index contributed by atoms with van der Waals surface area (Å²) in [6.45, 7) is 4.01. The van der Waals surface area contributed by atoms with Crippen molar-refractivity contribution in [1.82, 2.24) is 10.0 Å². The Kier molecular flexibility index (Phi) is 7.74. The van der Waals surface area contributed by atoms with Crippen LogP contribution in [0.3, 0.4) is 0 Å². The number of hydrogen-bond donors (Lipinski definition) is 2. The van der Waals surface area contributed by atoms with Gasteiger partial charge in [0.1, 0.15) is 5.76 Å². The normalized spacial score (nSPS) is 11.5. The molecule has 1 aromatic heterocycles. The number of carbonyl (C=O) groups is 1. The lowest BCUT2D eigenvalue weighted by Gasteiger charge is -2.10. The van der Waals surface area contributed by atoms with E-state index in [9.17, 15) is 13.2 Å². The molecule has 0 aliphatic carbocycles. The molecule has 1 amide bonds. The minimum absolute atomic E-state index is 0.132. The van der Waals surface area contributed by atoms with Gasteiger partial charge in [0.25, 0.3) is 0 Å². The average molecular weight is 397 g/mol. The standard InChI is InChI=1S/C18H24N2O4S2/c1-14-5-6-15(2)16(10-14)13-26(22,23)20-11-18(21)19-7-9-25-12-17-4-3-8-24-17/h3-6,8,10,20H,7,9,11-13H2,1-2H3,(H,19,21).